The fourth-order valence-corrected chi connectivity index (χ4v) is 2.50. The molecule has 1 aliphatic rings. The van der Waals surface area contributed by atoms with Gasteiger partial charge in [0.15, 0.2) is 5.72 Å². The van der Waals surface area contributed by atoms with E-state index in [9.17, 15) is 14.3 Å². The van der Waals surface area contributed by atoms with Crippen LogP contribution in [0.1, 0.15) is 17.5 Å². The van der Waals surface area contributed by atoms with Gasteiger partial charge in [0.1, 0.15) is 5.82 Å². The first kappa shape index (κ1) is 14.4. The second kappa shape index (κ2) is 5.69. The van der Waals surface area contributed by atoms with Crippen molar-refractivity contribution in [3.8, 4) is 0 Å². The van der Waals surface area contributed by atoms with E-state index in [0.717, 1.165) is 10.6 Å². The Morgan fingerprint density at radius 3 is 2.55 bits per heavy atom. The van der Waals surface area contributed by atoms with Gasteiger partial charge < -0.3 is 5.11 Å². The quantitative estimate of drug-likeness (QED) is 0.946. The Hall–Kier alpha value is -2.53. The molecule has 0 aromatic heterocycles. The molecule has 4 nitrogen and oxygen atoms in total. The summed E-state index contributed by atoms with van der Waals surface area (Å²) in [6.07, 6.45) is 1.81. The monoisotopic (exact) mass is 298 g/mol. The molecule has 1 aliphatic heterocycles. The van der Waals surface area contributed by atoms with E-state index in [-0.39, 0.29) is 18.7 Å². The smallest absolute Gasteiger partial charge is 0.250 e. The number of hydrazone groups is 1. The summed E-state index contributed by atoms with van der Waals surface area (Å²) in [5, 5.41) is 15.9. The molecule has 1 heterocycles. The lowest BCUT2D eigenvalue weighted by Gasteiger charge is -2.31. The summed E-state index contributed by atoms with van der Waals surface area (Å²) in [5.74, 6) is -0.708. The van der Waals surface area contributed by atoms with E-state index in [1.807, 2.05) is 30.3 Å². The number of rotatable bonds is 3. The lowest BCUT2D eigenvalue weighted by molar-refractivity contribution is -0.157. The number of nitrogens with zero attached hydrogens (tertiary/aromatic N) is 2. The van der Waals surface area contributed by atoms with Crippen LogP contribution in [-0.4, -0.2) is 22.2 Å². The van der Waals surface area contributed by atoms with Crippen molar-refractivity contribution in [3.63, 3.8) is 0 Å². The lowest BCUT2D eigenvalue weighted by atomic mass is 9.99. The van der Waals surface area contributed by atoms with Crippen molar-refractivity contribution >= 4 is 12.1 Å². The number of benzene rings is 2. The van der Waals surface area contributed by atoms with Crippen molar-refractivity contribution in [2.45, 2.75) is 18.6 Å². The average molecular weight is 298 g/mol. The van der Waals surface area contributed by atoms with Gasteiger partial charge >= 0.3 is 0 Å². The van der Waals surface area contributed by atoms with Gasteiger partial charge in [-0.25, -0.2) is 4.39 Å². The van der Waals surface area contributed by atoms with Crippen LogP contribution in [0.25, 0.3) is 0 Å². The summed E-state index contributed by atoms with van der Waals surface area (Å²) in [7, 11) is 0. The molecule has 0 fully saturated rings. The molecule has 0 bridgehead atoms. The van der Waals surface area contributed by atoms with Crippen molar-refractivity contribution in [3.05, 3.63) is 71.5 Å². The van der Waals surface area contributed by atoms with Crippen LogP contribution < -0.4 is 0 Å². The zero-order chi connectivity index (χ0) is 15.6. The van der Waals surface area contributed by atoms with E-state index in [1.165, 1.54) is 30.5 Å². The standard InChI is InChI=1S/C17H15FN2O2/c18-15-8-6-14(7-9-15)17(22)10-11-19-20(17)16(21)12-13-4-2-1-3-5-13/h1-9,11,22H,10,12H2/t17-/m0/s1. The Morgan fingerprint density at radius 1 is 1.18 bits per heavy atom. The predicted octanol–water partition coefficient (Wildman–Crippen LogP) is 2.43. The molecule has 1 N–H and O–H groups in total. The van der Waals surface area contributed by atoms with E-state index >= 15 is 0 Å². The van der Waals surface area contributed by atoms with E-state index < -0.39 is 11.5 Å². The van der Waals surface area contributed by atoms with Gasteiger partial charge in [-0.2, -0.15) is 10.1 Å². The normalized spacial score (nSPS) is 20.4. The molecule has 5 heteroatoms. The van der Waals surface area contributed by atoms with E-state index in [0.29, 0.717) is 5.56 Å². The SMILES string of the molecule is O=C(Cc1ccccc1)N1N=CC[C@]1(O)c1ccc(F)cc1. The molecule has 0 saturated carbocycles. The Morgan fingerprint density at radius 2 is 1.86 bits per heavy atom. The Kier molecular flexibility index (Phi) is 3.73. The van der Waals surface area contributed by atoms with Gasteiger partial charge in [-0.3, -0.25) is 4.79 Å². The van der Waals surface area contributed by atoms with E-state index in [2.05, 4.69) is 5.10 Å². The highest BCUT2D eigenvalue weighted by molar-refractivity contribution is 5.82. The van der Waals surface area contributed by atoms with Gasteiger partial charge in [0.05, 0.1) is 6.42 Å². The molecular formula is C17H15FN2O2. The zero-order valence-electron chi connectivity index (χ0n) is 11.8. The number of aliphatic hydroxyl groups is 1. The minimum atomic E-state index is -1.56. The Labute approximate surface area is 127 Å². The first-order chi connectivity index (χ1) is 10.6. The molecule has 1 amide bonds. The highest BCUT2D eigenvalue weighted by Gasteiger charge is 2.42. The minimum absolute atomic E-state index is 0.141. The summed E-state index contributed by atoms with van der Waals surface area (Å²) >= 11 is 0. The van der Waals surface area contributed by atoms with Crippen molar-refractivity contribution in [2.24, 2.45) is 5.10 Å². The molecule has 22 heavy (non-hydrogen) atoms. The van der Waals surface area contributed by atoms with Gasteiger partial charge in [0.2, 0.25) is 5.91 Å². The van der Waals surface area contributed by atoms with Crippen LogP contribution in [0.4, 0.5) is 4.39 Å². The number of amides is 1. The van der Waals surface area contributed by atoms with Gasteiger partial charge in [0.25, 0.3) is 0 Å². The fraction of sp³-hybridized carbons (Fsp3) is 0.176. The van der Waals surface area contributed by atoms with Crippen LogP contribution in [-0.2, 0) is 16.9 Å². The number of halogens is 1. The largest absolute Gasteiger partial charge is 0.365 e. The second-order valence-electron chi connectivity index (χ2n) is 5.19. The lowest BCUT2D eigenvalue weighted by Crippen LogP contribution is -2.44. The second-order valence-corrected chi connectivity index (χ2v) is 5.19. The zero-order valence-corrected chi connectivity index (χ0v) is 11.8. The van der Waals surface area contributed by atoms with Crippen molar-refractivity contribution in [1.82, 2.24) is 5.01 Å². The molecule has 3 rings (SSSR count). The molecule has 0 radical (unpaired) electrons. The molecule has 1 atom stereocenters. The average Bonchev–Trinajstić information content (AvgIpc) is 2.92. The van der Waals surface area contributed by atoms with Crippen molar-refractivity contribution in [1.29, 1.82) is 0 Å². The maximum Gasteiger partial charge on any atom is 0.250 e. The summed E-state index contributed by atoms with van der Waals surface area (Å²) in [4.78, 5) is 12.4. The highest BCUT2D eigenvalue weighted by atomic mass is 19.1. The maximum atomic E-state index is 13.0. The summed E-state index contributed by atoms with van der Waals surface area (Å²) < 4.78 is 13.0. The van der Waals surface area contributed by atoms with Crippen molar-refractivity contribution in [2.75, 3.05) is 0 Å². The molecule has 0 unspecified atom stereocenters. The Bertz CT molecular complexity index is 700. The summed E-state index contributed by atoms with van der Waals surface area (Å²) in [6.45, 7) is 0. The van der Waals surface area contributed by atoms with Crippen LogP contribution in [0.3, 0.4) is 0 Å². The number of carbonyl (C=O) groups is 1. The first-order valence-corrected chi connectivity index (χ1v) is 6.97. The van der Waals surface area contributed by atoms with Gasteiger partial charge in [0, 0.05) is 18.2 Å². The van der Waals surface area contributed by atoms with E-state index in [4.69, 9.17) is 0 Å². The van der Waals surface area contributed by atoms with Crippen LogP contribution in [0.2, 0.25) is 0 Å². The molecule has 0 aliphatic carbocycles. The number of carbonyl (C=O) groups excluding carboxylic acids is 1. The Balaban J connectivity index is 1.84. The third-order valence-corrected chi connectivity index (χ3v) is 3.66. The molecule has 0 spiro atoms. The number of hydrogen-bond acceptors (Lipinski definition) is 3. The van der Waals surface area contributed by atoms with Crippen LogP contribution in [0.15, 0.2) is 59.7 Å². The number of hydrogen-bond donors (Lipinski definition) is 1. The highest BCUT2D eigenvalue weighted by Crippen LogP contribution is 2.33. The maximum absolute atomic E-state index is 13.0. The van der Waals surface area contributed by atoms with Gasteiger partial charge in [-0.05, 0) is 17.7 Å². The molecule has 2 aromatic carbocycles. The minimum Gasteiger partial charge on any atom is -0.365 e. The topological polar surface area (TPSA) is 52.9 Å². The van der Waals surface area contributed by atoms with Gasteiger partial charge in [-0.1, -0.05) is 42.5 Å². The first-order valence-electron chi connectivity index (χ1n) is 6.97. The van der Waals surface area contributed by atoms with Crippen LogP contribution in [0.5, 0.6) is 0 Å². The third kappa shape index (κ3) is 2.63. The van der Waals surface area contributed by atoms with Gasteiger partial charge in [-0.15, -0.1) is 0 Å². The van der Waals surface area contributed by atoms with E-state index in [1.54, 1.807) is 0 Å². The predicted molar refractivity (Wildman–Crippen MR) is 80.4 cm³/mol. The van der Waals surface area contributed by atoms with Crippen LogP contribution in [0, 0.1) is 5.82 Å². The fourth-order valence-electron chi connectivity index (χ4n) is 2.50. The molecular weight excluding hydrogens is 283 g/mol. The summed E-state index contributed by atoms with van der Waals surface area (Å²) in [6, 6.07) is 14.7. The molecule has 2 aromatic rings. The molecule has 0 saturated heterocycles. The third-order valence-electron chi connectivity index (χ3n) is 3.66. The molecule has 112 valence electrons. The van der Waals surface area contributed by atoms with Crippen LogP contribution >= 0.6 is 0 Å². The van der Waals surface area contributed by atoms with Crippen molar-refractivity contribution < 1.29 is 14.3 Å². The summed E-state index contributed by atoms with van der Waals surface area (Å²) in [5.41, 5.74) is -0.275.